The molecule has 1 saturated heterocycles. The van der Waals surface area contributed by atoms with E-state index in [0.29, 0.717) is 29.4 Å². The topological polar surface area (TPSA) is 71.4 Å². The van der Waals surface area contributed by atoms with Crippen molar-refractivity contribution in [2.45, 2.75) is 25.8 Å². The zero-order chi connectivity index (χ0) is 17.7. The largest absolute Gasteiger partial charge is 0.326 e. The molecule has 7 heteroatoms. The minimum absolute atomic E-state index is 0.0721. The smallest absolute Gasteiger partial charge is 0.230 e. The van der Waals surface area contributed by atoms with Gasteiger partial charge in [-0.05, 0) is 42.7 Å². The molecule has 0 saturated carbocycles. The fraction of sp³-hybridized carbons (Fsp3) is 0.333. The summed E-state index contributed by atoms with van der Waals surface area (Å²) in [5.41, 5.74) is 2.07. The van der Waals surface area contributed by atoms with Gasteiger partial charge in [-0.15, -0.1) is 0 Å². The molecule has 25 heavy (non-hydrogen) atoms. The molecule has 5 nitrogen and oxygen atoms in total. The third kappa shape index (κ3) is 5.09. The summed E-state index contributed by atoms with van der Waals surface area (Å²) in [6, 6.07) is 10.1. The number of hydrogen-bond acceptors (Lipinski definition) is 4. The second kappa shape index (κ2) is 7.74. The van der Waals surface area contributed by atoms with E-state index in [4.69, 9.17) is 0 Å². The molecule has 3 rings (SSSR count). The first-order valence-electron chi connectivity index (χ1n) is 8.20. The molecule has 1 aliphatic rings. The Balaban J connectivity index is 1.62. The Morgan fingerprint density at radius 3 is 2.76 bits per heavy atom. The molecule has 1 aromatic carbocycles. The Hall–Kier alpha value is -2.28. The van der Waals surface area contributed by atoms with Crippen LogP contribution in [-0.4, -0.2) is 26.6 Å². The lowest BCUT2D eigenvalue weighted by Gasteiger charge is -2.07. The molecule has 0 bridgehead atoms. The number of hydrogen-bond donors (Lipinski definition) is 1. The first-order valence-corrected chi connectivity index (χ1v) is 10.1. The minimum atomic E-state index is -2.03. The highest BCUT2D eigenvalue weighted by Gasteiger charge is 2.15. The van der Waals surface area contributed by atoms with Gasteiger partial charge in [0, 0.05) is 32.6 Å². The minimum Gasteiger partial charge on any atom is -0.326 e. The second-order valence-corrected chi connectivity index (χ2v) is 8.69. The lowest BCUT2D eigenvalue weighted by Crippen LogP contribution is -2.15. The van der Waals surface area contributed by atoms with Crippen LogP contribution in [0.25, 0.3) is 0 Å². The number of amides is 1. The highest BCUT2D eigenvalue weighted by molar-refractivity contribution is 7.93. The zero-order valence-electron chi connectivity index (χ0n) is 13.8. The molecule has 1 fully saturated rings. The van der Waals surface area contributed by atoms with Gasteiger partial charge in [0.05, 0.1) is 19.2 Å². The molecular weight excluding hydrogens is 341 g/mol. The summed E-state index contributed by atoms with van der Waals surface area (Å²) in [5, 5.41) is 2.80. The van der Waals surface area contributed by atoms with Crippen molar-refractivity contribution in [1.29, 1.82) is 0 Å². The predicted octanol–water partition coefficient (Wildman–Crippen LogP) is 3.16. The summed E-state index contributed by atoms with van der Waals surface area (Å²) in [5.74, 6) is 0.721. The number of halogens is 1. The Morgan fingerprint density at radius 2 is 2.04 bits per heavy atom. The molecule has 1 aromatic heterocycles. The van der Waals surface area contributed by atoms with Crippen molar-refractivity contribution in [3.8, 4) is 0 Å². The molecule has 2 heterocycles. The average Bonchev–Trinajstić information content (AvgIpc) is 3.03. The first-order chi connectivity index (χ1) is 12.0. The van der Waals surface area contributed by atoms with Crippen LogP contribution in [0.15, 0.2) is 47.0 Å². The summed E-state index contributed by atoms with van der Waals surface area (Å²) in [4.78, 5) is 16.0. The van der Waals surface area contributed by atoms with Gasteiger partial charge in [0.25, 0.3) is 0 Å². The molecule has 1 N–H and O–H groups in total. The summed E-state index contributed by atoms with van der Waals surface area (Å²) < 4.78 is 29.6. The van der Waals surface area contributed by atoms with Crippen molar-refractivity contribution in [2.75, 3.05) is 16.8 Å². The number of anilines is 1. The molecule has 0 aliphatic carbocycles. The second-order valence-electron chi connectivity index (χ2n) is 6.07. The number of pyridine rings is 1. The van der Waals surface area contributed by atoms with E-state index in [2.05, 4.69) is 14.7 Å². The van der Waals surface area contributed by atoms with E-state index in [-0.39, 0.29) is 12.3 Å². The summed E-state index contributed by atoms with van der Waals surface area (Å²) in [7, 11) is -2.03. The third-order valence-corrected chi connectivity index (χ3v) is 6.45. The lowest BCUT2D eigenvalue weighted by molar-refractivity contribution is -0.115. The van der Waals surface area contributed by atoms with Gasteiger partial charge in [0.2, 0.25) is 5.91 Å². The SMILES string of the molecule is O=C(Cc1ccc(F)cn1)Nc1cccc(CN=S2(=O)CCCC2)c1. The van der Waals surface area contributed by atoms with Gasteiger partial charge >= 0.3 is 0 Å². The van der Waals surface area contributed by atoms with Crippen LogP contribution in [0, 0.1) is 5.82 Å². The van der Waals surface area contributed by atoms with Crippen molar-refractivity contribution in [1.82, 2.24) is 4.98 Å². The number of aromatic nitrogens is 1. The molecule has 2 aromatic rings. The summed E-state index contributed by atoms with van der Waals surface area (Å²) in [6.07, 6.45) is 3.13. The molecule has 132 valence electrons. The number of nitrogens with one attached hydrogen (secondary N) is 1. The number of rotatable bonds is 5. The van der Waals surface area contributed by atoms with Crippen LogP contribution in [-0.2, 0) is 27.5 Å². The molecular formula is C18H20FN3O2S. The van der Waals surface area contributed by atoms with Gasteiger partial charge in [-0.1, -0.05) is 12.1 Å². The molecule has 0 radical (unpaired) electrons. The number of benzene rings is 1. The Morgan fingerprint density at radius 1 is 1.24 bits per heavy atom. The molecule has 0 spiro atoms. The van der Waals surface area contributed by atoms with Gasteiger partial charge in [0.15, 0.2) is 0 Å². The molecule has 1 aliphatic heterocycles. The van der Waals surface area contributed by atoms with Gasteiger partial charge in [0.1, 0.15) is 5.82 Å². The number of carbonyl (C=O) groups excluding carboxylic acids is 1. The van der Waals surface area contributed by atoms with Gasteiger partial charge in [-0.2, -0.15) is 0 Å². The van der Waals surface area contributed by atoms with Crippen LogP contribution < -0.4 is 5.32 Å². The zero-order valence-corrected chi connectivity index (χ0v) is 14.6. The highest BCUT2D eigenvalue weighted by atomic mass is 32.2. The summed E-state index contributed by atoms with van der Waals surface area (Å²) in [6.45, 7) is 0.391. The van der Waals surface area contributed by atoms with Gasteiger partial charge < -0.3 is 5.32 Å². The number of carbonyl (C=O) groups is 1. The van der Waals surface area contributed by atoms with Crippen LogP contribution in [0.4, 0.5) is 10.1 Å². The van der Waals surface area contributed by atoms with E-state index in [9.17, 15) is 13.4 Å². The van der Waals surface area contributed by atoms with Gasteiger partial charge in [-0.3, -0.25) is 9.78 Å². The van der Waals surface area contributed by atoms with Crippen LogP contribution in [0.5, 0.6) is 0 Å². The third-order valence-electron chi connectivity index (χ3n) is 4.00. The van der Waals surface area contributed by atoms with Crippen molar-refractivity contribution in [2.24, 2.45) is 4.36 Å². The average molecular weight is 361 g/mol. The van der Waals surface area contributed by atoms with Crippen molar-refractivity contribution < 1.29 is 13.4 Å². The monoisotopic (exact) mass is 361 g/mol. The van der Waals surface area contributed by atoms with E-state index in [1.807, 2.05) is 18.2 Å². The van der Waals surface area contributed by atoms with E-state index in [1.165, 1.54) is 12.1 Å². The van der Waals surface area contributed by atoms with Crippen molar-refractivity contribution in [3.05, 3.63) is 59.7 Å². The van der Waals surface area contributed by atoms with E-state index in [0.717, 1.165) is 24.6 Å². The van der Waals surface area contributed by atoms with E-state index in [1.54, 1.807) is 6.07 Å². The van der Waals surface area contributed by atoms with Crippen LogP contribution in [0.2, 0.25) is 0 Å². The maximum atomic E-state index is 12.8. The van der Waals surface area contributed by atoms with Crippen LogP contribution >= 0.6 is 0 Å². The normalized spacial score (nSPS) is 15.7. The van der Waals surface area contributed by atoms with Crippen LogP contribution in [0.1, 0.15) is 24.1 Å². The maximum Gasteiger partial charge on any atom is 0.230 e. The van der Waals surface area contributed by atoms with Gasteiger partial charge in [-0.25, -0.2) is 13.0 Å². The lowest BCUT2D eigenvalue weighted by atomic mass is 10.2. The Labute approximate surface area is 146 Å². The van der Waals surface area contributed by atoms with Crippen LogP contribution in [0.3, 0.4) is 0 Å². The van der Waals surface area contributed by atoms with E-state index < -0.39 is 15.5 Å². The fourth-order valence-electron chi connectivity index (χ4n) is 2.71. The van der Waals surface area contributed by atoms with Crippen molar-refractivity contribution >= 4 is 21.3 Å². The first kappa shape index (κ1) is 17.5. The Kier molecular flexibility index (Phi) is 5.43. The highest BCUT2D eigenvalue weighted by Crippen LogP contribution is 2.17. The molecule has 1 amide bonds. The predicted molar refractivity (Wildman–Crippen MR) is 96.2 cm³/mol. The Bertz CT molecular complexity index is 862. The van der Waals surface area contributed by atoms with Crippen molar-refractivity contribution in [3.63, 3.8) is 0 Å². The summed E-state index contributed by atoms with van der Waals surface area (Å²) >= 11 is 0. The van der Waals surface area contributed by atoms with E-state index >= 15 is 0 Å². The molecule has 0 atom stereocenters. The molecule has 0 unspecified atom stereocenters. The fourth-order valence-corrected chi connectivity index (χ4v) is 4.86. The maximum absolute atomic E-state index is 12.8. The number of nitrogens with zero attached hydrogens (tertiary/aromatic N) is 2. The standard InChI is InChI=1S/C18H20FN3O2S/c19-15-6-7-16(20-13-15)11-18(23)22-17-5-3-4-14(10-17)12-21-25(24)8-1-2-9-25/h3-7,10,13H,1-2,8-9,11-12H2,(H,22,23). The quantitative estimate of drug-likeness (QED) is 0.889.